The fraction of sp³-hybridized carbons (Fsp3) is 0. The van der Waals surface area contributed by atoms with Crippen LogP contribution in [-0.4, -0.2) is 9.97 Å². The van der Waals surface area contributed by atoms with Crippen molar-refractivity contribution in [3.05, 3.63) is 53.9 Å². The summed E-state index contributed by atoms with van der Waals surface area (Å²) in [5.74, 6) is 0.912. The van der Waals surface area contributed by atoms with E-state index in [1.165, 1.54) is 6.20 Å². The van der Waals surface area contributed by atoms with Crippen LogP contribution in [-0.2, 0) is 0 Å². The van der Waals surface area contributed by atoms with Crippen LogP contribution in [0.5, 0.6) is 11.6 Å². The van der Waals surface area contributed by atoms with Gasteiger partial charge in [-0.2, -0.15) is 4.98 Å². The summed E-state index contributed by atoms with van der Waals surface area (Å²) in [4.78, 5) is 7.74. The number of nitrogen functional groups attached to an aromatic ring is 1. The minimum absolute atomic E-state index is 0.102. The molecule has 0 atom stereocenters. The Morgan fingerprint density at radius 3 is 2.68 bits per heavy atom. The Kier molecular flexibility index (Phi) is 2.93. The summed E-state index contributed by atoms with van der Waals surface area (Å²) >= 11 is 5.72. The van der Waals surface area contributed by atoms with E-state index < -0.39 is 0 Å². The number of nitrogens with zero attached hydrogens (tertiary/aromatic N) is 2. The number of anilines is 1. The lowest BCUT2D eigenvalue weighted by atomic mass is 10.1. The third-order valence-corrected chi connectivity index (χ3v) is 2.87. The van der Waals surface area contributed by atoms with Gasteiger partial charge in [0.1, 0.15) is 11.4 Å². The first kappa shape index (κ1) is 11.7. The molecule has 0 aliphatic heterocycles. The molecule has 0 spiro atoms. The maximum Gasteiger partial charge on any atom is 0.247 e. The van der Waals surface area contributed by atoms with Gasteiger partial charge in [-0.15, -0.1) is 0 Å². The zero-order chi connectivity index (χ0) is 13.2. The van der Waals surface area contributed by atoms with Crippen molar-refractivity contribution in [1.29, 1.82) is 0 Å². The maximum atomic E-state index is 5.74. The molecule has 0 saturated carbocycles. The molecule has 4 nitrogen and oxygen atoms in total. The van der Waals surface area contributed by atoms with Gasteiger partial charge in [-0.25, -0.2) is 4.98 Å². The molecule has 1 aromatic heterocycles. The zero-order valence-corrected chi connectivity index (χ0v) is 10.6. The van der Waals surface area contributed by atoms with Crippen LogP contribution in [0, 0.1) is 0 Å². The highest BCUT2D eigenvalue weighted by Gasteiger charge is 2.06. The molecule has 19 heavy (non-hydrogen) atoms. The Labute approximate surface area is 114 Å². The van der Waals surface area contributed by atoms with Crippen LogP contribution in [0.25, 0.3) is 10.8 Å². The first-order valence-corrected chi connectivity index (χ1v) is 6.05. The van der Waals surface area contributed by atoms with E-state index in [0.29, 0.717) is 11.4 Å². The molecule has 1 heterocycles. The minimum Gasteiger partial charge on any atom is -0.437 e. The normalized spacial score (nSPS) is 10.6. The van der Waals surface area contributed by atoms with Crippen molar-refractivity contribution in [3.8, 4) is 11.6 Å². The molecule has 0 aliphatic rings. The van der Waals surface area contributed by atoms with E-state index in [0.717, 1.165) is 10.8 Å². The predicted octanol–water partition coefficient (Wildman–Crippen LogP) is 3.66. The van der Waals surface area contributed by atoms with Crippen molar-refractivity contribution in [2.45, 2.75) is 0 Å². The summed E-state index contributed by atoms with van der Waals surface area (Å²) in [6.07, 6.45) is 1.42. The molecule has 0 fully saturated rings. The maximum absolute atomic E-state index is 5.74. The summed E-state index contributed by atoms with van der Waals surface area (Å²) < 4.78 is 5.64. The topological polar surface area (TPSA) is 61.0 Å². The van der Waals surface area contributed by atoms with Crippen molar-refractivity contribution in [3.63, 3.8) is 0 Å². The second-order valence-electron chi connectivity index (χ2n) is 4.01. The van der Waals surface area contributed by atoms with Crippen LogP contribution in [0.2, 0.25) is 5.28 Å². The molecule has 5 heteroatoms. The minimum atomic E-state index is 0.102. The average molecular weight is 272 g/mol. The molecule has 0 radical (unpaired) electrons. The molecular formula is C14H10ClN3O. The van der Waals surface area contributed by atoms with Gasteiger partial charge in [-0.3, -0.25) is 0 Å². The van der Waals surface area contributed by atoms with Gasteiger partial charge in [0, 0.05) is 0 Å². The zero-order valence-electron chi connectivity index (χ0n) is 9.88. The van der Waals surface area contributed by atoms with Crippen molar-refractivity contribution in [1.82, 2.24) is 9.97 Å². The van der Waals surface area contributed by atoms with Crippen LogP contribution in [0.1, 0.15) is 0 Å². The molecule has 2 aromatic carbocycles. The number of halogens is 1. The third kappa shape index (κ3) is 2.44. The highest BCUT2D eigenvalue weighted by atomic mass is 35.5. The van der Waals surface area contributed by atoms with E-state index in [1.54, 1.807) is 0 Å². The van der Waals surface area contributed by atoms with Crippen LogP contribution in [0.3, 0.4) is 0 Å². The van der Waals surface area contributed by atoms with Crippen molar-refractivity contribution < 1.29 is 4.74 Å². The van der Waals surface area contributed by atoms with Gasteiger partial charge in [0.2, 0.25) is 11.2 Å². The molecule has 0 aliphatic carbocycles. The van der Waals surface area contributed by atoms with Crippen molar-refractivity contribution >= 4 is 28.1 Å². The van der Waals surface area contributed by atoms with E-state index in [9.17, 15) is 0 Å². The van der Waals surface area contributed by atoms with Gasteiger partial charge in [-0.1, -0.05) is 30.3 Å². The van der Waals surface area contributed by atoms with Gasteiger partial charge in [0.25, 0.3) is 0 Å². The van der Waals surface area contributed by atoms with Crippen LogP contribution >= 0.6 is 11.6 Å². The highest BCUT2D eigenvalue weighted by molar-refractivity contribution is 6.28. The SMILES string of the molecule is Nc1cnc(Cl)nc1Oc1ccc2ccccc2c1. The van der Waals surface area contributed by atoms with Crippen molar-refractivity contribution in [2.75, 3.05) is 5.73 Å². The van der Waals surface area contributed by atoms with Gasteiger partial charge < -0.3 is 10.5 Å². The van der Waals surface area contributed by atoms with Crippen LogP contribution in [0.15, 0.2) is 48.7 Å². The molecular weight excluding hydrogens is 262 g/mol. The van der Waals surface area contributed by atoms with E-state index in [-0.39, 0.29) is 11.2 Å². The van der Waals surface area contributed by atoms with Crippen LogP contribution in [0.4, 0.5) is 5.69 Å². The molecule has 0 bridgehead atoms. The van der Waals surface area contributed by atoms with E-state index >= 15 is 0 Å². The number of rotatable bonds is 2. The Balaban J connectivity index is 1.98. The quantitative estimate of drug-likeness (QED) is 0.723. The second-order valence-corrected chi connectivity index (χ2v) is 4.35. The Morgan fingerprint density at radius 2 is 1.84 bits per heavy atom. The lowest BCUT2D eigenvalue weighted by Gasteiger charge is -2.07. The fourth-order valence-electron chi connectivity index (χ4n) is 1.78. The van der Waals surface area contributed by atoms with Crippen LogP contribution < -0.4 is 10.5 Å². The number of ether oxygens (including phenoxy) is 1. The summed E-state index contributed by atoms with van der Waals surface area (Å²) in [7, 11) is 0. The van der Waals surface area contributed by atoms with Gasteiger partial charge in [-0.05, 0) is 34.5 Å². The first-order valence-electron chi connectivity index (χ1n) is 5.67. The predicted molar refractivity (Wildman–Crippen MR) is 75.5 cm³/mol. The van der Waals surface area contributed by atoms with E-state index in [4.69, 9.17) is 22.1 Å². The number of hydrogen-bond donors (Lipinski definition) is 1. The number of fused-ring (bicyclic) bond motifs is 1. The highest BCUT2D eigenvalue weighted by Crippen LogP contribution is 2.28. The monoisotopic (exact) mass is 271 g/mol. The third-order valence-electron chi connectivity index (χ3n) is 2.69. The summed E-state index contributed by atoms with van der Waals surface area (Å²) in [5.41, 5.74) is 6.09. The van der Waals surface area contributed by atoms with E-state index in [2.05, 4.69) is 9.97 Å². The molecule has 94 valence electrons. The lowest BCUT2D eigenvalue weighted by molar-refractivity contribution is 0.465. The number of benzene rings is 2. The Bertz CT molecular complexity index is 746. The Morgan fingerprint density at radius 1 is 1.05 bits per heavy atom. The fourth-order valence-corrected chi connectivity index (χ4v) is 1.91. The van der Waals surface area contributed by atoms with E-state index in [1.807, 2.05) is 42.5 Å². The molecule has 2 N–H and O–H groups in total. The van der Waals surface area contributed by atoms with Gasteiger partial charge in [0.15, 0.2) is 0 Å². The number of hydrogen-bond acceptors (Lipinski definition) is 4. The molecule has 0 amide bonds. The smallest absolute Gasteiger partial charge is 0.247 e. The van der Waals surface area contributed by atoms with Crippen molar-refractivity contribution in [2.24, 2.45) is 0 Å². The molecule has 3 aromatic rings. The number of nitrogens with two attached hydrogens (primary N) is 1. The summed E-state index contributed by atoms with van der Waals surface area (Å²) in [6.45, 7) is 0. The first-order chi connectivity index (χ1) is 9.22. The van der Waals surface area contributed by atoms with Gasteiger partial charge >= 0.3 is 0 Å². The average Bonchev–Trinajstić information content (AvgIpc) is 2.43. The largest absolute Gasteiger partial charge is 0.437 e. The summed E-state index contributed by atoms with van der Waals surface area (Å²) in [6, 6.07) is 13.8. The Hall–Kier alpha value is -2.33. The van der Waals surface area contributed by atoms with Gasteiger partial charge in [0.05, 0.1) is 6.20 Å². The lowest BCUT2D eigenvalue weighted by Crippen LogP contribution is -1.96. The second kappa shape index (κ2) is 4.74. The molecule has 3 rings (SSSR count). The summed E-state index contributed by atoms with van der Waals surface area (Å²) in [5, 5.41) is 2.33. The molecule has 0 saturated heterocycles. The molecule has 0 unspecified atom stereocenters. The standard InChI is InChI=1S/C14H10ClN3O/c15-14-17-8-12(16)13(18-14)19-11-6-5-9-3-1-2-4-10(9)7-11/h1-8H,16H2. The number of aromatic nitrogens is 2.